The fourth-order valence-corrected chi connectivity index (χ4v) is 6.82. The fourth-order valence-electron chi connectivity index (χ4n) is 6.82. The molecule has 0 aliphatic carbocycles. The molecule has 0 saturated carbocycles. The topological polar surface area (TPSA) is 6.48 Å². The second-order valence-electron chi connectivity index (χ2n) is 13.6. The Morgan fingerprint density at radius 1 is 0.260 bits per heavy atom. The molecule has 2 nitrogen and oxygen atoms in total. The molecule has 0 radical (unpaired) electrons. The van der Waals surface area contributed by atoms with Gasteiger partial charge in [0.05, 0.1) is 0 Å². The average molecular weight is 649 g/mol. The predicted octanol–water partition coefficient (Wildman–Crippen LogP) is 13.8. The lowest BCUT2D eigenvalue weighted by atomic mass is 10.0. The highest BCUT2D eigenvalue weighted by Gasteiger charge is 2.17. The first-order valence-electron chi connectivity index (χ1n) is 17.4. The molecule has 0 amide bonds. The highest BCUT2D eigenvalue weighted by Crippen LogP contribution is 2.40. The SMILES string of the molecule is Cc1ccc(-c2ccc(N(c3ccc(-c4ccc(N(c5ccc(C)cc5)c5ccc(C)cc5C)cc4)cc3)c3ccc(C)cc3C)cc2)cc1. The fraction of sp³-hybridized carbons (Fsp3) is 0.125. The molecule has 0 spiro atoms. The van der Waals surface area contributed by atoms with Crippen LogP contribution in [0.5, 0.6) is 0 Å². The first kappa shape index (κ1) is 32.7. The second kappa shape index (κ2) is 13.9. The number of aryl methyl sites for hydroxylation is 6. The van der Waals surface area contributed by atoms with Crippen molar-refractivity contribution < 1.29 is 0 Å². The Morgan fingerprint density at radius 3 is 0.800 bits per heavy atom. The Kier molecular flexibility index (Phi) is 9.11. The lowest BCUT2D eigenvalue weighted by molar-refractivity contribution is 1.23. The lowest BCUT2D eigenvalue weighted by Crippen LogP contribution is -2.11. The van der Waals surface area contributed by atoms with Gasteiger partial charge in [-0.05, 0) is 136 Å². The van der Waals surface area contributed by atoms with Gasteiger partial charge in [-0.25, -0.2) is 0 Å². The van der Waals surface area contributed by atoms with Gasteiger partial charge in [0.2, 0.25) is 0 Å². The third-order valence-corrected chi connectivity index (χ3v) is 9.57. The van der Waals surface area contributed by atoms with Crippen LogP contribution in [0.4, 0.5) is 34.1 Å². The van der Waals surface area contributed by atoms with Gasteiger partial charge in [-0.1, -0.05) is 119 Å². The Labute approximate surface area is 297 Å². The molecule has 0 atom stereocenters. The van der Waals surface area contributed by atoms with Gasteiger partial charge in [-0.3, -0.25) is 0 Å². The highest BCUT2D eigenvalue weighted by atomic mass is 15.1. The van der Waals surface area contributed by atoms with Crippen LogP contribution in [0.25, 0.3) is 22.3 Å². The van der Waals surface area contributed by atoms with E-state index < -0.39 is 0 Å². The summed E-state index contributed by atoms with van der Waals surface area (Å²) in [5.74, 6) is 0. The molecule has 0 unspecified atom stereocenters. The van der Waals surface area contributed by atoms with Crippen molar-refractivity contribution in [2.75, 3.05) is 9.80 Å². The van der Waals surface area contributed by atoms with Crippen LogP contribution < -0.4 is 9.80 Å². The summed E-state index contributed by atoms with van der Waals surface area (Å²) in [7, 11) is 0. The number of rotatable bonds is 8. The molecule has 2 heteroatoms. The molecular weight excluding hydrogens is 605 g/mol. The van der Waals surface area contributed by atoms with Crippen molar-refractivity contribution in [3.8, 4) is 22.3 Å². The van der Waals surface area contributed by atoms with Crippen molar-refractivity contribution in [3.05, 3.63) is 191 Å². The standard InChI is InChI=1S/C48H44N2/c1-33-7-13-39(14-8-33)40-15-23-45(24-16-40)50(48-30-12-36(4)32-38(48)6)46-27-19-42(20-28-46)41-17-25-44(26-18-41)49(43-21-9-34(2)10-22-43)47-29-11-35(3)31-37(47)5/h7-32H,1-6H3. The summed E-state index contributed by atoms with van der Waals surface area (Å²) in [6.07, 6.45) is 0. The Bertz CT molecular complexity index is 2230. The quantitative estimate of drug-likeness (QED) is 0.162. The minimum absolute atomic E-state index is 1.13. The van der Waals surface area contributed by atoms with Gasteiger partial charge in [-0.2, -0.15) is 0 Å². The van der Waals surface area contributed by atoms with Gasteiger partial charge in [0.1, 0.15) is 0 Å². The van der Waals surface area contributed by atoms with Crippen LogP contribution in [-0.2, 0) is 0 Å². The van der Waals surface area contributed by atoms with E-state index in [0.29, 0.717) is 0 Å². The van der Waals surface area contributed by atoms with Crippen molar-refractivity contribution in [2.45, 2.75) is 41.5 Å². The van der Waals surface area contributed by atoms with Gasteiger partial charge in [-0.15, -0.1) is 0 Å². The summed E-state index contributed by atoms with van der Waals surface area (Å²) >= 11 is 0. The summed E-state index contributed by atoms with van der Waals surface area (Å²) in [5.41, 5.74) is 19.3. The van der Waals surface area contributed by atoms with Gasteiger partial charge in [0.25, 0.3) is 0 Å². The van der Waals surface area contributed by atoms with E-state index in [-0.39, 0.29) is 0 Å². The molecule has 246 valence electrons. The van der Waals surface area contributed by atoms with Crippen LogP contribution in [0, 0.1) is 41.5 Å². The van der Waals surface area contributed by atoms with Gasteiger partial charge in [0, 0.05) is 34.1 Å². The van der Waals surface area contributed by atoms with E-state index in [2.05, 4.69) is 209 Å². The van der Waals surface area contributed by atoms with E-state index >= 15 is 0 Å². The zero-order valence-electron chi connectivity index (χ0n) is 29.9. The third-order valence-electron chi connectivity index (χ3n) is 9.57. The normalized spacial score (nSPS) is 11.0. The number of hydrogen-bond acceptors (Lipinski definition) is 2. The van der Waals surface area contributed by atoms with Crippen LogP contribution in [0.1, 0.15) is 33.4 Å². The summed E-state index contributed by atoms with van der Waals surface area (Å²) in [6, 6.07) is 57.7. The molecule has 7 aromatic rings. The molecule has 7 aromatic carbocycles. The second-order valence-corrected chi connectivity index (χ2v) is 13.6. The summed E-state index contributed by atoms with van der Waals surface area (Å²) in [5, 5.41) is 0. The van der Waals surface area contributed by atoms with Crippen molar-refractivity contribution in [3.63, 3.8) is 0 Å². The Morgan fingerprint density at radius 2 is 0.500 bits per heavy atom. The lowest BCUT2D eigenvalue weighted by Gasteiger charge is -2.28. The maximum Gasteiger partial charge on any atom is 0.0490 e. The van der Waals surface area contributed by atoms with E-state index in [9.17, 15) is 0 Å². The smallest absolute Gasteiger partial charge is 0.0490 e. The number of benzene rings is 7. The minimum atomic E-state index is 1.13. The monoisotopic (exact) mass is 648 g/mol. The predicted molar refractivity (Wildman–Crippen MR) is 215 cm³/mol. The molecule has 7 rings (SSSR count). The minimum Gasteiger partial charge on any atom is -0.310 e. The maximum absolute atomic E-state index is 2.37. The first-order valence-corrected chi connectivity index (χ1v) is 17.4. The summed E-state index contributed by atoms with van der Waals surface area (Å²) in [4.78, 5) is 4.72. The molecular formula is C48H44N2. The largest absolute Gasteiger partial charge is 0.310 e. The van der Waals surface area contributed by atoms with Crippen molar-refractivity contribution >= 4 is 34.1 Å². The van der Waals surface area contributed by atoms with Crippen LogP contribution in [0.3, 0.4) is 0 Å². The molecule has 50 heavy (non-hydrogen) atoms. The van der Waals surface area contributed by atoms with Crippen LogP contribution in [0.15, 0.2) is 158 Å². The van der Waals surface area contributed by atoms with E-state index in [1.807, 2.05) is 0 Å². The van der Waals surface area contributed by atoms with Crippen LogP contribution >= 0.6 is 0 Å². The Hall–Kier alpha value is -5.86. The molecule has 0 aromatic heterocycles. The van der Waals surface area contributed by atoms with E-state index in [0.717, 1.165) is 22.7 Å². The van der Waals surface area contributed by atoms with Gasteiger partial charge < -0.3 is 9.80 Å². The van der Waals surface area contributed by atoms with Gasteiger partial charge in [0.15, 0.2) is 0 Å². The van der Waals surface area contributed by atoms with Crippen molar-refractivity contribution in [1.29, 1.82) is 0 Å². The summed E-state index contributed by atoms with van der Waals surface area (Å²) in [6.45, 7) is 13.0. The van der Waals surface area contributed by atoms with E-state index in [1.165, 1.54) is 67.0 Å². The average Bonchev–Trinajstić information content (AvgIpc) is 3.12. The Balaban J connectivity index is 1.21. The van der Waals surface area contributed by atoms with E-state index in [1.54, 1.807) is 0 Å². The summed E-state index contributed by atoms with van der Waals surface area (Å²) < 4.78 is 0. The van der Waals surface area contributed by atoms with Gasteiger partial charge >= 0.3 is 0 Å². The molecule has 0 bridgehead atoms. The number of anilines is 6. The maximum atomic E-state index is 2.37. The molecule has 0 fully saturated rings. The van der Waals surface area contributed by atoms with Crippen LogP contribution in [-0.4, -0.2) is 0 Å². The van der Waals surface area contributed by atoms with Crippen molar-refractivity contribution in [2.24, 2.45) is 0 Å². The molecule has 0 N–H and O–H groups in total. The highest BCUT2D eigenvalue weighted by molar-refractivity contribution is 5.83. The zero-order valence-corrected chi connectivity index (χ0v) is 29.9. The molecule has 0 aliphatic rings. The molecule has 0 aliphatic heterocycles. The first-order chi connectivity index (χ1) is 24.2. The van der Waals surface area contributed by atoms with E-state index in [4.69, 9.17) is 0 Å². The number of nitrogens with zero attached hydrogens (tertiary/aromatic N) is 2. The van der Waals surface area contributed by atoms with Crippen molar-refractivity contribution in [1.82, 2.24) is 0 Å². The molecule has 0 heterocycles. The van der Waals surface area contributed by atoms with Crippen LogP contribution in [0.2, 0.25) is 0 Å². The third kappa shape index (κ3) is 6.84. The molecule has 0 saturated heterocycles. The number of hydrogen-bond donors (Lipinski definition) is 0. The zero-order chi connectivity index (χ0) is 34.8.